The van der Waals surface area contributed by atoms with Crippen LogP contribution >= 0.6 is 31.9 Å². The van der Waals surface area contributed by atoms with Crippen molar-refractivity contribution in [1.82, 2.24) is 0 Å². The zero-order chi connectivity index (χ0) is 15.4. The Bertz CT molecular complexity index is 680. The Morgan fingerprint density at radius 3 is 2.62 bits per heavy atom. The number of hydrogen-bond acceptors (Lipinski definition) is 3. The third-order valence-corrected chi connectivity index (χ3v) is 3.79. The van der Waals surface area contributed by atoms with Gasteiger partial charge in [0.25, 0.3) is 5.91 Å². The van der Waals surface area contributed by atoms with Gasteiger partial charge in [-0.2, -0.15) is 0 Å². The van der Waals surface area contributed by atoms with Gasteiger partial charge >= 0.3 is 0 Å². The molecule has 0 spiro atoms. The lowest BCUT2D eigenvalue weighted by molar-refractivity contribution is -0.118. The molecule has 0 saturated carbocycles. The quantitative estimate of drug-likeness (QED) is 0.740. The number of anilines is 2. The maximum atomic E-state index is 13.1. The molecule has 0 aliphatic carbocycles. The first-order valence-corrected chi connectivity index (χ1v) is 7.47. The third-order valence-electron chi connectivity index (χ3n) is 2.53. The number of carbonyl (C=O) groups excluding carboxylic acids is 1. The van der Waals surface area contributed by atoms with Crippen LogP contribution in [0.15, 0.2) is 45.3 Å². The summed E-state index contributed by atoms with van der Waals surface area (Å²) in [5, 5.41) is 2.68. The number of rotatable bonds is 4. The number of hydrogen-bond donors (Lipinski definition) is 2. The molecule has 0 aliphatic rings. The first kappa shape index (κ1) is 15.8. The lowest BCUT2D eigenvalue weighted by Crippen LogP contribution is -2.20. The normalized spacial score (nSPS) is 10.2. The van der Waals surface area contributed by atoms with Gasteiger partial charge in [-0.25, -0.2) is 4.39 Å². The lowest BCUT2D eigenvalue weighted by atomic mass is 10.3. The number of nitrogens with one attached hydrogen (secondary N) is 1. The highest BCUT2D eigenvalue weighted by Crippen LogP contribution is 2.25. The summed E-state index contributed by atoms with van der Waals surface area (Å²) in [7, 11) is 0. The van der Waals surface area contributed by atoms with Gasteiger partial charge in [-0.05, 0) is 68.3 Å². The van der Waals surface area contributed by atoms with Crippen LogP contribution in [0.1, 0.15) is 0 Å². The van der Waals surface area contributed by atoms with Crippen LogP contribution in [0.25, 0.3) is 0 Å². The Hall–Kier alpha value is -1.60. The largest absolute Gasteiger partial charge is 0.484 e. The van der Waals surface area contributed by atoms with E-state index in [9.17, 15) is 9.18 Å². The molecular formula is C14H11Br2FN2O2. The second kappa shape index (κ2) is 6.91. The summed E-state index contributed by atoms with van der Waals surface area (Å²) >= 11 is 6.36. The molecule has 7 heteroatoms. The zero-order valence-electron chi connectivity index (χ0n) is 10.7. The van der Waals surface area contributed by atoms with Crippen molar-refractivity contribution in [2.24, 2.45) is 0 Å². The fourth-order valence-corrected chi connectivity index (χ4v) is 2.39. The topological polar surface area (TPSA) is 64.3 Å². The summed E-state index contributed by atoms with van der Waals surface area (Å²) in [5.74, 6) is -0.326. The highest BCUT2D eigenvalue weighted by molar-refractivity contribution is 9.10. The number of amides is 1. The minimum Gasteiger partial charge on any atom is -0.484 e. The molecule has 4 nitrogen and oxygen atoms in total. The maximum absolute atomic E-state index is 13.1. The smallest absolute Gasteiger partial charge is 0.262 e. The molecule has 0 heterocycles. The van der Waals surface area contributed by atoms with E-state index in [4.69, 9.17) is 10.5 Å². The van der Waals surface area contributed by atoms with Gasteiger partial charge in [0.1, 0.15) is 11.6 Å². The van der Waals surface area contributed by atoms with Gasteiger partial charge in [0.15, 0.2) is 6.61 Å². The molecule has 2 aromatic rings. The van der Waals surface area contributed by atoms with Crippen molar-refractivity contribution in [3.05, 3.63) is 51.2 Å². The predicted octanol–water partition coefficient (Wildman–Crippen LogP) is 3.95. The lowest BCUT2D eigenvalue weighted by Gasteiger charge is -2.09. The van der Waals surface area contributed by atoms with Gasteiger partial charge in [0, 0.05) is 10.2 Å². The SMILES string of the molecule is Nc1ccc(NC(=O)COc2ccc(F)c(Br)c2)c(Br)c1. The Labute approximate surface area is 137 Å². The summed E-state index contributed by atoms with van der Waals surface area (Å²) in [4.78, 5) is 11.8. The van der Waals surface area contributed by atoms with E-state index in [2.05, 4.69) is 37.2 Å². The summed E-state index contributed by atoms with van der Waals surface area (Å²) in [6.07, 6.45) is 0. The predicted molar refractivity (Wildman–Crippen MR) is 86.8 cm³/mol. The Morgan fingerprint density at radius 2 is 1.95 bits per heavy atom. The van der Waals surface area contributed by atoms with Gasteiger partial charge in [0.05, 0.1) is 10.2 Å². The van der Waals surface area contributed by atoms with Crippen LogP contribution in [0.5, 0.6) is 5.75 Å². The first-order chi connectivity index (χ1) is 9.95. The van der Waals surface area contributed by atoms with E-state index in [0.29, 0.717) is 21.6 Å². The Morgan fingerprint density at radius 1 is 1.19 bits per heavy atom. The van der Waals surface area contributed by atoms with Crippen LogP contribution < -0.4 is 15.8 Å². The van der Waals surface area contributed by atoms with Gasteiger partial charge in [-0.3, -0.25) is 4.79 Å². The van der Waals surface area contributed by atoms with E-state index in [0.717, 1.165) is 0 Å². The van der Waals surface area contributed by atoms with E-state index >= 15 is 0 Å². The average Bonchev–Trinajstić information content (AvgIpc) is 2.43. The number of nitrogens with two attached hydrogens (primary N) is 1. The molecule has 0 fully saturated rings. The van der Waals surface area contributed by atoms with Gasteiger partial charge < -0.3 is 15.8 Å². The summed E-state index contributed by atoms with van der Waals surface area (Å²) in [5.41, 5.74) is 6.80. The van der Waals surface area contributed by atoms with Crippen LogP contribution in [-0.2, 0) is 4.79 Å². The van der Waals surface area contributed by atoms with Gasteiger partial charge in [0.2, 0.25) is 0 Å². The number of benzene rings is 2. The molecule has 0 unspecified atom stereocenters. The van der Waals surface area contributed by atoms with Crippen LogP contribution in [0.3, 0.4) is 0 Å². The number of ether oxygens (including phenoxy) is 1. The maximum Gasteiger partial charge on any atom is 0.262 e. The standard InChI is InChI=1S/C14H11Br2FN2O2/c15-10-6-9(2-3-12(10)17)21-7-14(20)19-13-4-1-8(18)5-11(13)16/h1-6H,7,18H2,(H,19,20). The average molecular weight is 418 g/mol. The molecule has 2 rings (SSSR count). The van der Waals surface area contributed by atoms with Gasteiger partial charge in [-0.15, -0.1) is 0 Å². The number of halogens is 3. The first-order valence-electron chi connectivity index (χ1n) is 5.88. The van der Waals surface area contributed by atoms with Crippen molar-refractivity contribution < 1.29 is 13.9 Å². The second-order valence-corrected chi connectivity index (χ2v) is 5.86. The Kier molecular flexibility index (Phi) is 5.19. The molecule has 0 atom stereocenters. The van der Waals surface area contributed by atoms with Crippen molar-refractivity contribution >= 4 is 49.1 Å². The highest BCUT2D eigenvalue weighted by Gasteiger charge is 2.08. The van der Waals surface area contributed by atoms with E-state index in [1.54, 1.807) is 18.2 Å². The van der Waals surface area contributed by atoms with Crippen molar-refractivity contribution in [2.75, 3.05) is 17.7 Å². The monoisotopic (exact) mass is 416 g/mol. The molecule has 3 N–H and O–H groups in total. The molecule has 0 aromatic heterocycles. The number of nitrogen functional groups attached to an aromatic ring is 1. The van der Waals surface area contributed by atoms with Crippen molar-refractivity contribution in [2.45, 2.75) is 0 Å². The van der Waals surface area contributed by atoms with E-state index < -0.39 is 5.82 Å². The van der Waals surface area contributed by atoms with E-state index in [1.165, 1.54) is 18.2 Å². The van der Waals surface area contributed by atoms with Crippen molar-refractivity contribution in [1.29, 1.82) is 0 Å². The molecule has 21 heavy (non-hydrogen) atoms. The third kappa shape index (κ3) is 4.44. The molecule has 0 radical (unpaired) electrons. The fraction of sp³-hybridized carbons (Fsp3) is 0.0714. The summed E-state index contributed by atoms with van der Waals surface area (Å²) in [6, 6.07) is 9.22. The van der Waals surface area contributed by atoms with Crippen LogP contribution in [0.2, 0.25) is 0 Å². The molecule has 1 amide bonds. The molecule has 0 saturated heterocycles. The van der Waals surface area contributed by atoms with Crippen LogP contribution in [0, 0.1) is 5.82 Å². The zero-order valence-corrected chi connectivity index (χ0v) is 13.9. The van der Waals surface area contributed by atoms with Gasteiger partial charge in [-0.1, -0.05) is 0 Å². The molecule has 2 aromatic carbocycles. The van der Waals surface area contributed by atoms with Crippen molar-refractivity contribution in [3.63, 3.8) is 0 Å². The Balaban J connectivity index is 1.94. The molecule has 0 aliphatic heterocycles. The number of carbonyl (C=O) groups is 1. The van der Waals surface area contributed by atoms with E-state index in [-0.39, 0.29) is 17.0 Å². The molecule has 0 bridgehead atoms. The molecule has 110 valence electrons. The minimum atomic E-state index is -0.391. The fourth-order valence-electron chi connectivity index (χ4n) is 1.53. The molecular weight excluding hydrogens is 407 g/mol. The minimum absolute atomic E-state index is 0.186. The van der Waals surface area contributed by atoms with E-state index in [1.807, 2.05) is 0 Å². The van der Waals surface area contributed by atoms with Crippen LogP contribution in [-0.4, -0.2) is 12.5 Å². The summed E-state index contributed by atoms with van der Waals surface area (Å²) in [6.45, 7) is -0.186. The van der Waals surface area contributed by atoms with Crippen molar-refractivity contribution in [3.8, 4) is 5.75 Å². The highest BCUT2D eigenvalue weighted by atomic mass is 79.9. The van der Waals surface area contributed by atoms with Crippen LogP contribution in [0.4, 0.5) is 15.8 Å². The summed E-state index contributed by atoms with van der Waals surface area (Å²) < 4.78 is 19.3. The second-order valence-electron chi connectivity index (χ2n) is 4.15.